The third kappa shape index (κ3) is 3.43. The number of hydrogen-bond donors (Lipinski definition) is 1. The van der Waals surface area contributed by atoms with Crippen molar-refractivity contribution in [2.45, 2.75) is 20.1 Å². The van der Waals surface area contributed by atoms with Crippen LogP contribution in [0.2, 0.25) is 0 Å². The largest absolute Gasteiger partial charge is 0.488 e. The molecule has 2 N–H and O–H groups in total. The summed E-state index contributed by atoms with van der Waals surface area (Å²) in [6.07, 6.45) is 0. The molecular weight excluding hydrogens is 282 g/mol. The number of rotatable bonds is 5. The second kappa shape index (κ2) is 7.12. The van der Waals surface area contributed by atoms with Crippen LogP contribution < -0.4 is 10.5 Å². The molecule has 3 aromatic carbocycles. The molecule has 2 nitrogen and oxygen atoms in total. The Labute approximate surface area is 137 Å². The van der Waals surface area contributed by atoms with Crippen LogP contribution in [-0.2, 0) is 13.2 Å². The quantitative estimate of drug-likeness (QED) is 0.741. The van der Waals surface area contributed by atoms with E-state index in [0.717, 1.165) is 16.9 Å². The highest BCUT2D eigenvalue weighted by atomic mass is 16.5. The maximum absolute atomic E-state index is 6.07. The Morgan fingerprint density at radius 1 is 0.783 bits per heavy atom. The molecule has 0 aliphatic carbocycles. The van der Waals surface area contributed by atoms with E-state index in [-0.39, 0.29) is 0 Å². The number of hydrogen-bond acceptors (Lipinski definition) is 2. The summed E-state index contributed by atoms with van der Waals surface area (Å²) in [6, 6.07) is 24.6. The smallest absolute Gasteiger partial charge is 0.127 e. The number of benzene rings is 3. The lowest BCUT2D eigenvalue weighted by Crippen LogP contribution is -2.01. The van der Waals surface area contributed by atoms with Gasteiger partial charge in [0.15, 0.2) is 0 Å². The number of para-hydroxylation sites is 1. The zero-order valence-corrected chi connectivity index (χ0v) is 13.3. The highest BCUT2D eigenvalue weighted by Crippen LogP contribution is 2.33. The predicted molar refractivity (Wildman–Crippen MR) is 95.3 cm³/mol. The van der Waals surface area contributed by atoms with E-state index in [4.69, 9.17) is 10.5 Å². The molecule has 0 radical (unpaired) electrons. The first kappa shape index (κ1) is 15.3. The van der Waals surface area contributed by atoms with Crippen LogP contribution in [0, 0.1) is 6.92 Å². The van der Waals surface area contributed by atoms with Gasteiger partial charge >= 0.3 is 0 Å². The van der Waals surface area contributed by atoms with Crippen molar-refractivity contribution >= 4 is 0 Å². The van der Waals surface area contributed by atoms with Crippen LogP contribution in [0.25, 0.3) is 11.1 Å². The third-order valence-corrected chi connectivity index (χ3v) is 4.08. The molecule has 0 saturated carbocycles. The summed E-state index contributed by atoms with van der Waals surface area (Å²) >= 11 is 0. The van der Waals surface area contributed by atoms with Crippen molar-refractivity contribution in [2.24, 2.45) is 5.73 Å². The molecule has 0 aliphatic rings. The second-order valence-corrected chi connectivity index (χ2v) is 5.56. The molecule has 0 bridgehead atoms. The molecule has 0 unspecified atom stereocenters. The van der Waals surface area contributed by atoms with Gasteiger partial charge in [0.05, 0.1) is 0 Å². The van der Waals surface area contributed by atoms with E-state index >= 15 is 0 Å². The van der Waals surface area contributed by atoms with Crippen molar-refractivity contribution in [1.82, 2.24) is 0 Å². The minimum atomic E-state index is 0.548. The number of nitrogens with two attached hydrogens (primary N) is 1. The van der Waals surface area contributed by atoms with Crippen LogP contribution in [0.1, 0.15) is 16.7 Å². The monoisotopic (exact) mass is 303 g/mol. The first-order valence-corrected chi connectivity index (χ1v) is 7.84. The maximum Gasteiger partial charge on any atom is 0.127 e. The van der Waals surface area contributed by atoms with Crippen molar-refractivity contribution < 1.29 is 4.74 Å². The minimum absolute atomic E-state index is 0.548. The van der Waals surface area contributed by atoms with Crippen LogP contribution in [0.5, 0.6) is 5.75 Å². The van der Waals surface area contributed by atoms with Gasteiger partial charge in [0.1, 0.15) is 12.4 Å². The van der Waals surface area contributed by atoms with Crippen molar-refractivity contribution in [1.29, 1.82) is 0 Å². The van der Waals surface area contributed by atoms with Crippen LogP contribution in [0.15, 0.2) is 72.8 Å². The van der Waals surface area contributed by atoms with Gasteiger partial charge in [0.2, 0.25) is 0 Å². The molecule has 0 saturated heterocycles. The Bertz CT molecular complexity index is 781. The van der Waals surface area contributed by atoms with E-state index in [2.05, 4.69) is 43.3 Å². The Kier molecular flexibility index (Phi) is 4.74. The number of ether oxygens (including phenoxy) is 1. The summed E-state index contributed by atoms with van der Waals surface area (Å²) in [5, 5.41) is 0. The third-order valence-electron chi connectivity index (χ3n) is 4.08. The standard InChI is InChI=1S/C21H21NO/c1-16-18(14-22)10-7-12-19(16)20-11-5-6-13-21(20)23-15-17-8-3-2-4-9-17/h2-13H,14-15,22H2,1H3. The zero-order valence-electron chi connectivity index (χ0n) is 13.3. The molecule has 0 amide bonds. The first-order chi connectivity index (χ1) is 11.3. The van der Waals surface area contributed by atoms with E-state index < -0.39 is 0 Å². The average Bonchev–Trinajstić information content (AvgIpc) is 2.61. The first-order valence-electron chi connectivity index (χ1n) is 7.84. The lowest BCUT2D eigenvalue weighted by atomic mass is 9.96. The van der Waals surface area contributed by atoms with Crippen LogP contribution in [0.4, 0.5) is 0 Å². The van der Waals surface area contributed by atoms with Gasteiger partial charge in [-0.05, 0) is 35.2 Å². The Morgan fingerprint density at radius 2 is 1.48 bits per heavy atom. The van der Waals surface area contributed by atoms with Gasteiger partial charge in [-0.3, -0.25) is 0 Å². The second-order valence-electron chi connectivity index (χ2n) is 5.56. The fourth-order valence-corrected chi connectivity index (χ4v) is 2.75. The van der Waals surface area contributed by atoms with E-state index in [1.807, 2.05) is 36.4 Å². The summed E-state index contributed by atoms with van der Waals surface area (Å²) in [4.78, 5) is 0. The zero-order chi connectivity index (χ0) is 16.1. The van der Waals surface area contributed by atoms with Crippen molar-refractivity contribution in [3.8, 4) is 16.9 Å². The molecule has 3 aromatic rings. The Hall–Kier alpha value is -2.58. The molecule has 2 heteroatoms. The molecule has 0 aromatic heterocycles. The lowest BCUT2D eigenvalue weighted by Gasteiger charge is -2.15. The summed E-state index contributed by atoms with van der Waals surface area (Å²) in [5.41, 5.74) is 11.7. The van der Waals surface area contributed by atoms with E-state index in [1.165, 1.54) is 16.7 Å². The van der Waals surface area contributed by atoms with Gasteiger partial charge in [0, 0.05) is 12.1 Å². The molecular formula is C21H21NO. The lowest BCUT2D eigenvalue weighted by molar-refractivity contribution is 0.307. The van der Waals surface area contributed by atoms with E-state index in [1.54, 1.807) is 0 Å². The SMILES string of the molecule is Cc1c(CN)cccc1-c1ccccc1OCc1ccccc1. The van der Waals surface area contributed by atoms with E-state index in [9.17, 15) is 0 Å². The van der Waals surface area contributed by atoms with Gasteiger partial charge in [0.25, 0.3) is 0 Å². The molecule has 0 heterocycles. The summed E-state index contributed by atoms with van der Waals surface area (Å²) < 4.78 is 6.07. The average molecular weight is 303 g/mol. The maximum atomic E-state index is 6.07. The predicted octanol–water partition coefficient (Wildman–Crippen LogP) is 4.70. The van der Waals surface area contributed by atoms with Crippen LogP contribution >= 0.6 is 0 Å². The summed E-state index contributed by atoms with van der Waals surface area (Å²) in [7, 11) is 0. The topological polar surface area (TPSA) is 35.2 Å². The fourth-order valence-electron chi connectivity index (χ4n) is 2.75. The molecule has 3 rings (SSSR count). The normalized spacial score (nSPS) is 10.5. The van der Waals surface area contributed by atoms with Crippen molar-refractivity contribution in [3.05, 3.63) is 89.5 Å². The highest BCUT2D eigenvalue weighted by Gasteiger charge is 2.10. The molecule has 116 valence electrons. The highest BCUT2D eigenvalue weighted by molar-refractivity contribution is 5.74. The molecule has 0 atom stereocenters. The van der Waals surface area contributed by atoms with Gasteiger partial charge in [-0.2, -0.15) is 0 Å². The van der Waals surface area contributed by atoms with Crippen LogP contribution in [-0.4, -0.2) is 0 Å². The molecule has 23 heavy (non-hydrogen) atoms. The fraction of sp³-hybridized carbons (Fsp3) is 0.143. The summed E-state index contributed by atoms with van der Waals surface area (Å²) in [5.74, 6) is 0.897. The Balaban J connectivity index is 1.92. The van der Waals surface area contributed by atoms with Gasteiger partial charge in [-0.15, -0.1) is 0 Å². The summed E-state index contributed by atoms with van der Waals surface area (Å²) in [6.45, 7) is 3.23. The minimum Gasteiger partial charge on any atom is -0.488 e. The molecule has 0 spiro atoms. The van der Waals surface area contributed by atoms with Crippen LogP contribution in [0.3, 0.4) is 0 Å². The van der Waals surface area contributed by atoms with Crippen molar-refractivity contribution in [2.75, 3.05) is 0 Å². The molecule has 0 fully saturated rings. The molecule has 0 aliphatic heterocycles. The van der Waals surface area contributed by atoms with Gasteiger partial charge in [-0.1, -0.05) is 66.7 Å². The Morgan fingerprint density at radius 3 is 2.26 bits per heavy atom. The van der Waals surface area contributed by atoms with Gasteiger partial charge in [-0.25, -0.2) is 0 Å². The van der Waals surface area contributed by atoms with Crippen molar-refractivity contribution in [3.63, 3.8) is 0 Å². The van der Waals surface area contributed by atoms with Gasteiger partial charge < -0.3 is 10.5 Å². The van der Waals surface area contributed by atoms with E-state index in [0.29, 0.717) is 13.2 Å².